The average Bonchev–Trinajstić information content (AvgIpc) is 1.95. The minimum atomic E-state index is 0. The van der Waals surface area contributed by atoms with E-state index in [1.165, 1.54) is 0 Å². The van der Waals surface area contributed by atoms with E-state index in [0.29, 0.717) is 0 Å². The first-order chi connectivity index (χ1) is 4.24. The molecule has 0 unspecified atom stereocenters. The molecule has 0 saturated carbocycles. The lowest BCUT2D eigenvalue weighted by molar-refractivity contribution is -0.806. The molecule has 56 valence electrons. The Morgan fingerprint density at radius 2 is 0.900 bits per heavy atom. The summed E-state index contributed by atoms with van der Waals surface area (Å²) in [5.74, 6) is 0. The van der Waals surface area contributed by atoms with Crippen LogP contribution in [0.2, 0.25) is 0 Å². The Morgan fingerprint density at radius 3 is 0.900 bits per heavy atom. The van der Waals surface area contributed by atoms with Gasteiger partial charge in [-0.15, -0.1) is 0 Å². The van der Waals surface area contributed by atoms with Gasteiger partial charge in [0.2, 0.25) is 26.2 Å². The first-order valence-electron chi connectivity index (χ1n) is 2.89. The highest BCUT2D eigenvalue weighted by Gasteiger charge is 2.26. The Bertz CT molecular complexity index is 52.1. The second kappa shape index (κ2) is 6.17. The van der Waals surface area contributed by atoms with Gasteiger partial charge in [-0.25, -0.2) is 0 Å². The van der Waals surface area contributed by atoms with E-state index in [0.717, 1.165) is 0 Å². The van der Waals surface area contributed by atoms with Gasteiger partial charge >= 0.3 is 0 Å². The molecular formula is C8H12BrN. The molecule has 0 rings (SSSR count). The highest BCUT2D eigenvalue weighted by atomic mass is 79.9. The fourth-order valence-electron chi connectivity index (χ4n) is 0.671. The number of quaternary nitrogens is 1. The van der Waals surface area contributed by atoms with E-state index >= 15 is 0 Å². The van der Waals surface area contributed by atoms with Crippen molar-refractivity contribution < 1.29 is 21.5 Å². The van der Waals surface area contributed by atoms with Gasteiger partial charge in [-0.05, 0) is 0 Å². The van der Waals surface area contributed by atoms with Crippen LogP contribution < -0.4 is 17.0 Å². The van der Waals surface area contributed by atoms with E-state index in [1.54, 1.807) is 0 Å². The Labute approximate surface area is 75.8 Å². The summed E-state index contributed by atoms with van der Waals surface area (Å²) >= 11 is 0. The van der Waals surface area contributed by atoms with Crippen molar-refractivity contribution in [1.29, 1.82) is 0 Å². The SMILES string of the molecule is C[14C][N+]([14C]C)([14C]C)[14C]C.[Br-]. The van der Waals surface area contributed by atoms with Crippen molar-refractivity contribution in [2.45, 2.75) is 27.7 Å². The van der Waals surface area contributed by atoms with E-state index < -0.39 is 0 Å². The lowest BCUT2D eigenvalue weighted by Crippen LogP contribution is -3.00. The summed E-state index contributed by atoms with van der Waals surface area (Å²) in [6.07, 6.45) is 0. The molecule has 0 bridgehead atoms. The molecular weight excluding hydrogens is 198 g/mol. The third-order valence-electron chi connectivity index (χ3n) is 1.34. The molecule has 0 spiro atoms. The minimum Gasteiger partial charge on any atom is -1.00 e. The second-order valence-corrected chi connectivity index (χ2v) is 1.57. The van der Waals surface area contributed by atoms with Gasteiger partial charge in [0, 0.05) is 27.7 Å². The third-order valence-corrected chi connectivity index (χ3v) is 1.34. The van der Waals surface area contributed by atoms with Crippen molar-refractivity contribution in [2.75, 3.05) is 0 Å². The van der Waals surface area contributed by atoms with Crippen molar-refractivity contribution in [3.63, 3.8) is 0 Å². The molecule has 1 nitrogen and oxygen atoms in total. The van der Waals surface area contributed by atoms with Crippen LogP contribution in [0.5, 0.6) is 0 Å². The fraction of sp³-hybridized carbons (Fsp3) is 0.500. The molecule has 10 heavy (non-hydrogen) atoms. The summed E-state index contributed by atoms with van der Waals surface area (Å²) < 4.78 is 0.278. The molecule has 0 aromatic rings. The lowest BCUT2D eigenvalue weighted by atomic mass is 11.2. The Hall–Kier alpha value is 0.440. The smallest absolute Gasteiger partial charge is 0.221 e. The van der Waals surface area contributed by atoms with Gasteiger partial charge in [0.1, 0.15) is 0 Å². The van der Waals surface area contributed by atoms with Crippen LogP contribution >= 0.6 is 0 Å². The molecule has 0 saturated heterocycles. The van der Waals surface area contributed by atoms with Crippen LogP contribution in [0.1, 0.15) is 27.7 Å². The molecule has 0 N–H and O–H groups in total. The first-order valence-corrected chi connectivity index (χ1v) is 2.89. The Kier molecular flexibility index (Phi) is 8.06. The van der Waals surface area contributed by atoms with E-state index in [9.17, 15) is 0 Å². The van der Waals surface area contributed by atoms with Crippen LogP contribution in [-0.4, -0.2) is 4.48 Å². The number of hydrogen-bond donors (Lipinski definition) is 0. The van der Waals surface area contributed by atoms with E-state index in [-0.39, 0.29) is 21.5 Å². The predicted octanol–water partition coefficient (Wildman–Crippen LogP) is -0.958. The van der Waals surface area contributed by atoms with Crippen LogP contribution in [0.25, 0.3) is 0 Å². The highest BCUT2D eigenvalue weighted by molar-refractivity contribution is 4.63. The highest BCUT2D eigenvalue weighted by Crippen LogP contribution is 2.17. The van der Waals surface area contributed by atoms with Gasteiger partial charge in [0.05, 0.1) is 0 Å². The minimum absolute atomic E-state index is 0. The molecule has 0 aliphatic carbocycles. The molecule has 0 atom stereocenters. The molecule has 0 fully saturated rings. The van der Waals surface area contributed by atoms with Crippen LogP contribution in [-0.2, 0) is 0 Å². The van der Waals surface area contributed by atoms with Crippen LogP contribution in [0, 0.1) is 26.2 Å². The quantitative estimate of drug-likeness (QED) is 0.524. The molecule has 0 aliphatic rings. The zero-order valence-electron chi connectivity index (χ0n) is 6.83. The fourth-order valence-corrected chi connectivity index (χ4v) is 0.671. The average molecular weight is 210 g/mol. The van der Waals surface area contributed by atoms with Crippen molar-refractivity contribution in [3.05, 3.63) is 26.2 Å². The van der Waals surface area contributed by atoms with Crippen molar-refractivity contribution in [2.24, 2.45) is 0 Å². The van der Waals surface area contributed by atoms with Gasteiger partial charge in [0.25, 0.3) is 0 Å². The lowest BCUT2D eigenvalue weighted by Gasteiger charge is -2.24. The summed E-state index contributed by atoms with van der Waals surface area (Å²) in [4.78, 5) is 0. The summed E-state index contributed by atoms with van der Waals surface area (Å²) in [5, 5.41) is 0. The topological polar surface area (TPSA) is 0 Å². The summed E-state index contributed by atoms with van der Waals surface area (Å²) in [6, 6.07) is 0. The number of halogens is 1. The largest absolute Gasteiger partial charge is 1.00 e. The van der Waals surface area contributed by atoms with E-state index in [2.05, 4.69) is 26.2 Å². The van der Waals surface area contributed by atoms with Crippen molar-refractivity contribution in [1.82, 2.24) is 0 Å². The van der Waals surface area contributed by atoms with Crippen LogP contribution in [0.3, 0.4) is 0 Å². The monoisotopic (exact) mass is 209 g/mol. The number of nitrogens with zero attached hydrogens (tertiary/aromatic N) is 1. The summed E-state index contributed by atoms with van der Waals surface area (Å²) in [6.45, 7) is 19.2. The maximum atomic E-state index is 2.97. The standard InChI is InChI=1S/C8H12N.BrH/c1-5-9(6-2,7-3)8-4;/h1-4H3;1H/q+1;/p-1/i5+2,6+2,7+2,8+2;. The summed E-state index contributed by atoms with van der Waals surface area (Å²) in [7, 11) is 0. The van der Waals surface area contributed by atoms with Gasteiger partial charge in [-0.2, -0.15) is 0 Å². The van der Waals surface area contributed by atoms with E-state index in [1.807, 2.05) is 27.7 Å². The van der Waals surface area contributed by atoms with Crippen molar-refractivity contribution in [3.8, 4) is 0 Å². The van der Waals surface area contributed by atoms with Gasteiger partial charge in [-0.3, -0.25) is 4.48 Å². The zero-order valence-corrected chi connectivity index (χ0v) is 8.41. The van der Waals surface area contributed by atoms with Crippen LogP contribution in [0.15, 0.2) is 0 Å². The predicted molar refractivity (Wildman–Crippen MR) is 35.9 cm³/mol. The molecule has 0 heterocycles. The third kappa shape index (κ3) is 3.02. The number of rotatable bonds is 4. The molecule has 0 aromatic carbocycles. The number of hydrogen-bond acceptors (Lipinski definition) is 0. The van der Waals surface area contributed by atoms with Gasteiger partial charge in [-0.1, -0.05) is 0 Å². The van der Waals surface area contributed by atoms with Gasteiger partial charge in [0.15, 0.2) is 0 Å². The second-order valence-electron chi connectivity index (χ2n) is 1.57. The van der Waals surface area contributed by atoms with Crippen molar-refractivity contribution >= 4 is 0 Å². The first kappa shape index (κ1) is 13.1. The maximum absolute atomic E-state index is 2.97. The Balaban J connectivity index is 0. The Morgan fingerprint density at radius 1 is 0.700 bits per heavy atom. The van der Waals surface area contributed by atoms with Gasteiger partial charge < -0.3 is 17.0 Å². The molecule has 0 aromatic heterocycles. The molecule has 8 radical (unpaired) electrons. The van der Waals surface area contributed by atoms with E-state index in [4.69, 9.17) is 0 Å². The molecule has 2 heteroatoms. The zero-order chi connectivity index (χ0) is 7.33. The molecule has 0 aliphatic heterocycles. The maximum Gasteiger partial charge on any atom is 0.221 e. The normalized spacial score (nSPS) is 10.8. The summed E-state index contributed by atoms with van der Waals surface area (Å²) in [5.41, 5.74) is 0. The molecule has 0 amide bonds. The van der Waals surface area contributed by atoms with Crippen LogP contribution in [0.4, 0.5) is 0 Å².